The SMILES string of the molecule is CCc1ccc(-c2cc(C(=O)Nc3ccc(OC)cc3[N+](=O)[O-])c3ccccc3n2)cc1. The number of para-hydroxylation sites is 1. The lowest BCUT2D eigenvalue weighted by Gasteiger charge is -2.12. The topological polar surface area (TPSA) is 94.4 Å². The van der Waals surface area contributed by atoms with Gasteiger partial charge in [-0.3, -0.25) is 14.9 Å². The molecule has 3 aromatic carbocycles. The molecule has 0 saturated heterocycles. The van der Waals surface area contributed by atoms with Crippen molar-refractivity contribution in [3.8, 4) is 17.0 Å². The molecule has 0 spiro atoms. The van der Waals surface area contributed by atoms with Gasteiger partial charge in [-0.05, 0) is 36.2 Å². The van der Waals surface area contributed by atoms with Gasteiger partial charge in [0, 0.05) is 10.9 Å². The summed E-state index contributed by atoms with van der Waals surface area (Å²) in [7, 11) is 1.43. The van der Waals surface area contributed by atoms with E-state index in [0.717, 1.165) is 12.0 Å². The van der Waals surface area contributed by atoms with Gasteiger partial charge in [0.2, 0.25) is 0 Å². The van der Waals surface area contributed by atoms with Gasteiger partial charge in [0.05, 0.1) is 34.9 Å². The van der Waals surface area contributed by atoms with Crippen LogP contribution in [-0.4, -0.2) is 22.9 Å². The minimum atomic E-state index is -0.552. The molecular weight excluding hydrogens is 406 g/mol. The molecule has 0 saturated carbocycles. The minimum Gasteiger partial charge on any atom is -0.496 e. The van der Waals surface area contributed by atoms with E-state index in [9.17, 15) is 14.9 Å². The molecule has 32 heavy (non-hydrogen) atoms. The van der Waals surface area contributed by atoms with E-state index in [1.54, 1.807) is 12.1 Å². The largest absolute Gasteiger partial charge is 0.496 e. The molecule has 1 heterocycles. The molecule has 7 heteroatoms. The van der Waals surface area contributed by atoms with Crippen molar-refractivity contribution in [2.75, 3.05) is 12.4 Å². The Morgan fingerprint density at radius 3 is 2.50 bits per heavy atom. The number of aryl methyl sites for hydroxylation is 1. The summed E-state index contributed by atoms with van der Waals surface area (Å²) in [6.45, 7) is 2.09. The van der Waals surface area contributed by atoms with Crippen LogP contribution >= 0.6 is 0 Å². The first-order valence-corrected chi connectivity index (χ1v) is 10.1. The number of ether oxygens (including phenoxy) is 1. The quantitative estimate of drug-likeness (QED) is 0.318. The molecular formula is C25H21N3O4. The van der Waals surface area contributed by atoms with Crippen LogP contribution in [0.1, 0.15) is 22.8 Å². The Balaban J connectivity index is 1.78. The van der Waals surface area contributed by atoms with Crippen molar-refractivity contribution in [1.82, 2.24) is 4.98 Å². The summed E-state index contributed by atoms with van der Waals surface area (Å²) in [6.07, 6.45) is 0.930. The van der Waals surface area contributed by atoms with Crippen molar-refractivity contribution in [3.05, 3.63) is 94.0 Å². The molecule has 0 aliphatic heterocycles. The number of anilines is 1. The number of carbonyl (C=O) groups excluding carboxylic acids is 1. The molecule has 0 fully saturated rings. The summed E-state index contributed by atoms with van der Waals surface area (Å²) in [5.41, 5.74) is 3.65. The highest BCUT2D eigenvalue weighted by molar-refractivity contribution is 6.13. The molecule has 1 amide bonds. The Morgan fingerprint density at radius 1 is 1.06 bits per heavy atom. The predicted molar refractivity (Wildman–Crippen MR) is 124 cm³/mol. The normalized spacial score (nSPS) is 10.7. The number of nitro benzene ring substituents is 1. The number of hydrogen-bond donors (Lipinski definition) is 1. The van der Waals surface area contributed by atoms with E-state index in [4.69, 9.17) is 9.72 Å². The molecule has 1 aromatic heterocycles. The molecule has 4 rings (SSSR count). The highest BCUT2D eigenvalue weighted by Crippen LogP contribution is 2.31. The second kappa shape index (κ2) is 8.85. The molecule has 160 valence electrons. The van der Waals surface area contributed by atoms with Crippen LogP contribution in [0, 0.1) is 10.1 Å². The van der Waals surface area contributed by atoms with E-state index in [-0.39, 0.29) is 11.4 Å². The number of nitrogens with zero attached hydrogens (tertiary/aromatic N) is 2. The number of benzene rings is 3. The van der Waals surface area contributed by atoms with Crippen molar-refractivity contribution < 1.29 is 14.5 Å². The van der Waals surface area contributed by atoms with Gasteiger partial charge in [0.25, 0.3) is 11.6 Å². The fraction of sp³-hybridized carbons (Fsp3) is 0.120. The maximum absolute atomic E-state index is 13.2. The van der Waals surface area contributed by atoms with Crippen LogP contribution in [0.5, 0.6) is 5.75 Å². The first-order chi connectivity index (χ1) is 15.5. The molecule has 0 unspecified atom stereocenters. The van der Waals surface area contributed by atoms with Gasteiger partial charge in [-0.25, -0.2) is 4.98 Å². The summed E-state index contributed by atoms with van der Waals surface area (Å²) >= 11 is 0. The van der Waals surface area contributed by atoms with Gasteiger partial charge in [-0.1, -0.05) is 49.4 Å². The molecule has 0 aliphatic rings. The fourth-order valence-electron chi connectivity index (χ4n) is 3.51. The smallest absolute Gasteiger partial charge is 0.296 e. The zero-order valence-electron chi connectivity index (χ0n) is 17.7. The Kier molecular flexibility index (Phi) is 5.81. The van der Waals surface area contributed by atoms with Gasteiger partial charge in [0.1, 0.15) is 11.4 Å². The monoisotopic (exact) mass is 427 g/mol. The number of aromatic nitrogens is 1. The molecule has 0 aliphatic carbocycles. The molecule has 0 atom stereocenters. The molecule has 4 aromatic rings. The van der Waals surface area contributed by atoms with Crippen molar-refractivity contribution in [1.29, 1.82) is 0 Å². The lowest BCUT2D eigenvalue weighted by atomic mass is 10.0. The van der Waals surface area contributed by atoms with Crippen LogP contribution in [0.15, 0.2) is 72.8 Å². The zero-order chi connectivity index (χ0) is 22.7. The van der Waals surface area contributed by atoms with Gasteiger partial charge in [0.15, 0.2) is 0 Å². The molecule has 1 N–H and O–H groups in total. The minimum absolute atomic E-state index is 0.0931. The van der Waals surface area contributed by atoms with E-state index in [0.29, 0.717) is 27.9 Å². The summed E-state index contributed by atoms with van der Waals surface area (Å²) in [4.78, 5) is 28.9. The Labute approximate surface area is 184 Å². The van der Waals surface area contributed by atoms with Gasteiger partial charge < -0.3 is 10.1 Å². The van der Waals surface area contributed by atoms with Crippen molar-refractivity contribution in [2.24, 2.45) is 0 Å². The maximum atomic E-state index is 13.2. The van der Waals surface area contributed by atoms with E-state index in [2.05, 4.69) is 12.2 Å². The number of rotatable bonds is 6. The predicted octanol–water partition coefficient (Wildman–Crippen LogP) is 5.63. The third-order valence-corrected chi connectivity index (χ3v) is 5.27. The number of methoxy groups -OCH3 is 1. The molecule has 0 bridgehead atoms. The van der Waals surface area contributed by atoms with Crippen LogP contribution < -0.4 is 10.1 Å². The van der Waals surface area contributed by atoms with E-state index < -0.39 is 10.8 Å². The van der Waals surface area contributed by atoms with E-state index in [1.165, 1.54) is 24.8 Å². The first-order valence-electron chi connectivity index (χ1n) is 10.1. The van der Waals surface area contributed by atoms with Crippen molar-refractivity contribution >= 4 is 28.2 Å². The maximum Gasteiger partial charge on any atom is 0.296 e. The van der Waals surface area contributed by atoms with E-state index >= 15 is 0 Å². The lowest BCUT2D eigenvalue weighted by Crippen LogP contribution is -2.14. The van der Waals surface area contributed by atoms with Crippen LogP contribution in [0.4, 0.5) is 11.4 Å². The van der Waals surface area contributed by atoms with E-state index in [1.807, 2.05) is 48.5 Å². The van der Waals surface area contributed by atoms with Crippen LogP contribution in [0.3, 0.4) is 0 Å². The number of amides is 1. The van der Waals surface area contributed by atoms with Crippen LogP contribution in [-0.2, 0) is 6.42 Å². The number of carbonyl (C=O) groups is 1. The standard InChI is InChI=1S/C25H21N3O4/c1-3-16-8-10-17(11-9-16)23-15-20(19-6-4-5-7-21(19)26-23)25(29)27-22-13-12-18(32-2)14-24(22)28(30)31/h4-15H,3H2,1-2H3,(H,27,29). The number of nitro groups is 1. The Hall–Kier alpha value is -4.26. The van der Waals surface area contributed by atoms with Gasteiger partial charge >= 0.3 is 0 Å². The summed E-state index contributed by atoms with van der Waals surface area (Å²) < 4.78 is 5.06. The molecule has 7 nitrogen and oxygen atoms in total. The number of hydrogen-bond acceptors (Lipinski definition) is 5. The van der Waals surface area contributed by atoms with Gasteiger partial charge in [-0.15, -0.1) is 0 Å². The highest BCUT2D eigenvalue weighted by Gasteiger charge is 2.20. The highest BCUT2D eigenvalue weighted by atomic mass is 16.6. The molecule has 0 radical (unpaired) electrons. The van der Waals surface area contributed by atoms with Gasteiger partial charge in [-0.2, -0.15) is 0 Å². The third kappa shape index (κ3) is 4.13. The Morgan fingerprint density at radius 2 is 1.81 bits per heavy atom. The second-order valence-corrected chi connectivity index (χ2v) is 7.22. The summed E-state index contributed by atoms with van der Waals surface area (Å²) in [5, 5.41) is 14.8. The number of nitrogens with one attached hydrogen (secondary N) is 1. The van der Waals surface area contributed by atoms with Crippen LogP contribution in [0.2, 0.25) is 0 Å². The summed E-state index contributed by atoms with van der Waals surface area (Å²) in [5.74, 6) is -0.120. The second-order valence-electron chi connectivity index (χ2n) is 7.22. The third-order valence-electron chi connectivity index (χ3n) is 5.27. The first kappa shape index (κ1) is 21.0. The average Bonchev–Trinajstić information content (AvgIpc) is 2.83. The Bertz CT molecular complexity index is 1320. The number of pyridine rings is 1. The van der Waals surface area contributed by atoms with Crippen LogP contribution in [0.25, 0.3) is 22.2 Å². The lowest BCUT2D eigenvalue weighted by molar-refractivity contribution is -0.384. The van der Waals surface area contributed by atoms with Crippen molar-refractivity contribution in [3.63, 3.8) is 0 Å². The number of fused-ring (bicyclic) bond motifs is 1. The zero-order valence-corrected chi connectivity index (χ0v) is 17.7. The summed E-state index contributed by atoms with van der Waals surface area (Å²) in [6, 6.07) is 21.4. The average molecular weight is 427 g/mol. The fourth-order valence-corrected chi connectivity index (χ4v) is 3.51. The van der Waals surface area contributed by atoms with Crippen molar-refractivity contribution in [2.45, 2.75) is 13.3 Å².